The maximum Gasteiger partial charge on any atom is 0.224 e. The number of H-pyrrole nitrogens is 1. The van der Waals surface area contributed by atoms with E-state index in [1.54, 1.807) is 33.5 Å². The minimum absolute atomic E-state index is 0.119. The van der Waals surface area contributed by atoms with Gasteiger partial charge in [0.1, 0.15) is 5.82 Å². The molecule has 0 saturated carbocycles. The van der Waals surface area contributed by atoms with Crippen molar-refractivity contribution in [1.29, 1.82) is 0 Å². The van der Waals surface area contributed by atoms with Gasteiger partial charge in [0.05, 0.1) is 44.1 Å². The average molecular weight is 642 g/mol. The third kappa shape index (κ3) is 7.51. The van der Waals surface area contributed by atoms with E-state index in [4.69, 9.17) is 14.2 Å². The molecule has 0 saturated heterocycles. The zero-order chi connectivity index (χ0) is 33.7. The number of aryl methyl sites for hydroxylation is 1. The lowest BCUT2D eigenvalue weighted by molar-refractivity contribution is -0.119. The molecule has 1 heterocycles. The van der Waals surface area contributed by atoms with Gasteiger partial charge >= 0.3 is 0 Å². The van der Waals surface area contributed by atoms with E-state index in [-0.39, 0.29) is 23.7 Å². The highest BCUT2D eigenvalue weighted by molar-refractivity contribution is 5.93. The van der Waals surface area contributed by atoms with Crippen LogP contribution in [0.5, 0.6) is 17.2 Å². The SMILES string of the molecule is COc1cc2c(c(OC)c1OC)-c1ccc(NCCCC(=O)Nc3ccc4nc(CC(C)C)[nH]c4c3)c(=O)cc1C(NC(C)=O)CC2. The van der Waals surface area contributed by atoms with Crippen LogP contribution in [0.1, 0.15) is 63.0 Å². The first-order valence-electron chi connectivity index (χ1n) is 15.9. The van der Waals surface area contributed by atoms with Gasteiger partial charge in [-0.25, -0.2) is 4.98 Å². The monoisotopic (exact) mass is 641 g/mol. The number of ether oxygens (including phenoxy) is 3. The number of nitrogens with one attached hydrogen (secondary N) is 4. The number of methoxy groups -OCH3 is 3. The van der Waals surface area contributed by atoms with Crippen LogP contribution in [-0.2, 0) is 22.4 Å². The van der Waals surface area contributed by atoms with Crippen LogP contribution in [-0.4, -0.2) is 49.7 Å². The van der Waals surface area contributed by atoms with Crippen LogP contribution in [0.2, 0.25) is 0 Å². The summed E-state index contributed by atoms with van der Waals surface area (Å²) in [6.45, 7) is 6.17. The van der Waals surface area contributed by atoms with Gasteiger partial charge in [-0.1, -0.05) is 19.9 Å². The highest BCUT2D eigenvalue weighted by Gasteiger charge is 2.29. The number of rotatable bonds is 12. The molecule has 47 heavy (non-hydrogen) atoms. The molecule has 11 nitrogen and oxygen atoms in total. The molecule has 2 amide bonds. The van der Waals surface area contributed by atoms with Crippen molar-refractivity contribution in [3.63, 3.8) is 0 Å². The number of carbonyl (C=O) groups excluding carboxylic acids is 2. The Morgan fingerprint density at radius 3 is 2.51 bits per heavy atom. The van der Waals surface area contributed by atoms with Gasteiger partial charge in [0.15, 0.2) is 11.5 Å². The van der Waals surface area contributed by atoms with Gasteiger partial charge < -0.3 is 35.1 Å². The third-order valence-electron chi connectivity index (χ3n) is 8.23. The number of anilines is 2. The topological polar surface area (TPSA) is 144 Å². The Morgan fingerprint density at radius 1 is 1.02 bits per heavy atom. The van der Waals surface area contributed by atoms with Crippen molar-refractivity contribution in [3.8, 4) is 28.4 Å². The molecule has 1 atom stereocenters. The Morgan fingerprint density at radius 2 is 1.81 bits per heavy atom. The second-order valence-electron chi connectivity index (χ2n) is 12.2. The fraction of sp³-hybridized carbons (Fsp3) is 0.389. The number of hydrogen-bond acceptors (Lipinski definition) is 8. The molecule has 0 bridgehead atoms. The molecule has 1 unspecified atom stereocenters. The predicted octanol–water partition coefficient (Wildman–Crippen LogP) is 5.77. The van der Waals surface area contributed by atoms with Crippen LogP contribution in [0.4, 0.5) is 11.4 Å². The Bertz CT molecular complexity index is 1850. The summed E-state index contributed by atoms with van der Waals surface area (Å²) >= 11 is 0. The molecule has 248 valence electrons. The molecular weight excluding hydrogens is 598 g/mol. The van der Waals surface area contributed by atoms with Crippen molar-refractivity contribution in [2.75, 3.05) is 38.5 Å². The van der Waals surface area contributed by atoms with Crippen LogP contribution in [0, 0.1) is 5.92 Å². The molecular formula is C36H43N5O6. The number of nitrogens with zero attached hydrogens (tertiary/aromatic N) is 1. The number of fused-ring (bicyclic) bond motifs is 4. The summed E-state index contributed by atoms with van der Waals surface area (Å²) in [7, 11) is 4.69. The normalized spacial score (nSPS) is 13.7. The van der Waals surface area contributed by atoms with Crippen LogP contribution >= 0.6 is 0 Å². The fourth-order valence-corrected chi connectivity index (χ4v) is 6.17. The van der Waals surface area contributed by atoms with Gasteiger partial charge in [-0.15, -0.1) is 0 Å². The van der Waals surface area contributed by atoms with E-state index in [2.05, 4.69) is 39.8 Å². The van der Waals surface area contributed by atoms with E-state index in [9.17, 15) is 14.4 Å². The first-order valence-corrected chi connectivity index (χ1v) is 15.9. The second-order valence-corrected chi connectivity index (χ2v) is 12.2. The molecule has 1 aliphatic rings. The van der Waals surface area contributed by atoms with E-state index < -0.39 is 6.04 Å². The first-order chi connectivity index (χ1) is 22.6. The number of hydrogen-bond donors (Lipinski definition) is 4. The van der Waals surface area contributed by atoms with Crippen molar-refractivity contribution < 1.29 is 23.8 Å². The van der Waals surface area contributed by atoms with E-state index in [1.165, 1.54) is 6.92 Å². The summed E-state index contributed by atoms with van der Waals surface area (Å²) in [6, 6.07) is 12.4. The van der Waals surface area contributed by atoms with E-state index in [0.717, 1.165) is 40.0 Å². The van der Waals surface area contributed by atoms with Crippen molar-refractivity contribution in [1.82, 2.24) is 15.3 Å². The highest BCUT2D eigenvalue weighted by Crippen LogP contribution is 2.50. The quantitative estimate of drug-likeness (QED) is 0.143. The molecule has 11 heteroatoms. The average Bonchev–Trinajstić information content (AvgIpc) is 3.27. The van der Waals surface area contributed by atoms with Crippen LogP contribution < -0.4 is 35.6 Å². The number of aromatic amines is 1. The zero-order valence-corrected chi connectivity index (χ0v) is 27.8. The zero-order valence-electron chi connectivity index (χ0n) is 27.8. The molecule has 0 aliphatic heterocycles. The largest absolute Gasteiger partial charge is 0.493 e. The van der Waals surface area contributed by atoms with E-state index in [0.29, 0.717) is 65.9 Å². The summed E-state index contributed by atoms with van der Waals surface area (Å²) in [5.74, 6) is 2.59. The molecule has 5 rings (SSSR count). The Labute approximate surface area is 274 Å². The smallest absolute Gasteiger partial charge is 0.224 e. The van der Waals surface area contributed by atoms with Crippen LogP contribution in [0.15, 0.2) is 47.3 Å². The van der Waals surface area contributed by atoms with Crippen molar-refractivity contribution in [3.05, 3.63) is 69.6 Å². The number of aromatic nitrogens is 2. The van der Waals surface area contributed by atoms with Gasteiger partial charge in [0.25, 0.3) is 0 Å². The fourth-order valence-electron chi connectivity index (χ4n) is 6.17. The second kappa shape index (κ2) is 14.6. The van der Waals surface area contributed by atoms with Gasteiger partial charge in [0.2, 0.25) is 23.0 Å². The maximum atomic E-state index is 13.5. The molecule has 0 fully saturated rings. The summed E-state index contributed by atoms with van der Waals surface area (Å²) in [4.78, 5) is 46.4. The molecule has 0 spiro atoms. The van der Waals surface area contributed by atoms with Gasteiger partial charge in [-0.05, 0) is 78.3 Å². The van der Waals surface area contributed by atoms with Crippen molar-refractivity contribution in [2.24, 2.45) is 5.92 Å². The maximum absolute atomic E-state index is 13.5. The van der Waals surface area contributed by atoms with Crippen LogP contribution in [0.25, 0.3) is 22.2 Å². The van der Waals surface area contributed by atoms with Gasteiger partial charge in [-0.2, -0.15) is 0 Å². The lowest BCUT2D eigenvalue weighted by Gasteiger charge is -2.19. The number of carbonyl (C=O) groups is 2. The summed E-state index contributed by atoms with van der Waals surface area (Å²) < 4.78 is 17.1. The van der Waals surface area contributed by atoms with E-state index in [1.807, 2.05) is 30.3 Å². The molecule has 0 radical (unpaired) electrons. The van der Waals surface area contributed by atoms with Crippen molar-refractivity contribution in [2.45, 2.75) is 58.9 Å². The van der Waals surface area contributed by atoms with Gasteiger partial charge in [0, 0.05) is 37.6 Å². The number of benzene rings is 2. The van der Waals surface area contributed by atoms with Crippen molar-refractivity contribution >= 4 is 34.2 Å². The minimum atomic E-state index is -0.393. The number of amides is 2. The predicted molar refractivity (Wildman–Crippen MR) is 184 cm³/mol. The summed E-state index contributed by atoms with van der Waals surface area (Å²) in [6.07, 6.45) is 2.83. The molecule has 3 aromatic carbocycles. The summed E-state index contributed by atoms with van der Waals surface area (Å²) in [5.41, 5.74) is 5.81. The van der Waals surface area contributed by atoms with Crippen LogP contribution in [0.3, 0.4) is 0 Å². The molecule has 1 aliphatic carbocycles. The Hall–Kier alpha value is -5.06. The molecule has 1 aromatic heterocycles. The highest BCUT2D eigenvalue weighted by atomic mass is 16.5. The lowest BCUT2D eigenvalue weighted by atomic mass is 9.95. The first kappa shape index (κ1) is 33.3. The standard InChI is InChI=1S/C36H43N5O6/c1-20(2)16-32-40-27-13-10-23(18-29(27)41-32)39-33(44)8-7-15-37-28-14-11-24-25(19-30(28)43)26(38-21(3)42)12-9-22-17-31(45-4)35(46-5)36(47-6)34(22)24/h10-11,13-14,17-20,26H,7-9,12,15-16H2,1-6H3,(H,37,43)(H,38,42)(H,39,44)(H,40,41). The Balaban J connectivity index is 1.33. The Kier molecular flexibility index (Phi) is 10.3. The summed E-state index contributed by atoms with van der Waals surface area (Å²) in [5, 5.41) is 9.19. The van der Waals surface area contributed by atoms with Gasteiger partial charge in [-0.3, -0.25) is 14.4 Å². The minimum Gasteiger partial charge on any atom is -0.493 e. The number of imidazole rings is 1. The molecule has 4 N–H and O–H groups in total. The lowest BCUT2D eigenvalue weighted by Crippen LogP contribution is -2.26. The third-order valence-corrected chi connectivity index (χ3v) is 8.23. The van der Waals surface area contributed by atoms with E-state index >= 15 is 0 Å². The molecule has 4 aromatic rings.